The highest BCUT2D eigenvalue weighted by Gasteiger charge is 2.40. The average Bonchev–Trinajstić information content (AvgIpc) is 0.764. The van der Waals surface area contributed by atoms with E-state index in [2.05, 4.69) is 57.2 Å². The van der Waals surface area contributed by atoms with E-state index < -0.39 is 285 Å². The number of hydrogen-bond donors (Lipinski definition) is 6. The zero-order valence-electron chi connectivity index (χ0n) is 61.2. The number of nitrogen functional groups attached to an aromatic ring is 3. The lowest BCUT2D eigenvalue weighted by molar-refractivity contribution is 0.278. The molecule has 0 fully saturated rings. The first-order valence-corrected chi connectivity index (χ1v) is 31.7. The Morgan fingerprint density at radius 1 is 0.148 bits per heavy atom. The van der Waals surface area contributed by atoms with Crippen LogP contribution in [-0.2, 0) is 0 Å². The molecule has 0 aliphatic carbocycles. The van der Waals surface area contributed by atoms with Gasteiger partial charge in [-0.25, -0.2) is 176 Å². The van der Waals surface area contributed by atoms with Gasteiger partial charge in [0, 0.05) is 17.1 Å². The molecule has 6 nitrogen and oxygen atoms in total. The van der Waals surface area contributed by atoms with E-state index in [0.29, 0.717) is 0 Å². The smallest absolute Gasteiger partial charge is 0.402 e. The predicted molar refractivity (Wildman–Crippen MR) is 353 cm³/mol. The van der Waals surface area contributed by atoms with Gasteiger partial charge < -0.3 is 32.3 Å². The third-order valence-electron chi connectivity index (χ3n) is 15.9. The Balaban J connectivity index is 0.000000303. The van der Waals surface area contributed by atoms with E-state index in [1.54, 1.807) is 0 Å². The van der Waals surface area contributed by atoms with Gasteiger partial charge in [0.05, 0.1) is 44.5 Å². The van der Waals surface area contributed by atoms with Crippen LogP contribution in [0.1, 0.15) is 50.1 Å². The van der Waals surface area contributed by atoms with Crippen LogP contribution >= 0.6 is 0 Å². The molecular formula is C75H42BF40N3O3. The summed E-state index contributed by atoms with van der Waals surface area (Å²) in [5.74, 6) is -107. The number of nitrogens with two attached hydrogens (primary N) is 3. The molecule has 0 saturated carbocycles. The van der Waals surface area contributed by atoms with Gasteiger partial charge in [-0.05, 0) is 95.7 Å². The largest absolute Gasteiger partial charge is 0.631 e. The summed E-state index contributed by atoms with van der Waals surface area (Å²) in [4.78, 5) is 0. The van der Waals surface area contributed by atoms with Crippen molar-refractivity contribution in [1.82, 2.24) is 0 Å². The predicted octanol–water partition coefficient (Wildman–Crippen LogP) is 23.5. The van der Waals surface area contributed by atoms with Crippen molar-refractivity contribution >= 4 is 24.4 Å². The molecule has 0 aliphatic heterocycles. The molecule has 0 radical (unpaired) electrons. The van der Waals surface area contributed by atoms with Crippen LogP contribution in [0.25, 0.3) is 44.5 Å². The molecule has 47 heteroatoms. The summed E-state index contributed by atoms with van der Waals surface area (Å²) in [6.07, 6.45) is 0. The molecule has 0 aromatic heterocycles. The van der Waals surface area contributed by atoms with E-state index in [1.807, 2.05) is 41.5 Å². The second-order valence-corrected chi connectivity index (χ2v) is 24.3. The third kappa shape index (κ3) is 20.8. The van der Waals surface area contributed by atoms with Gasteiger partial charge in [0.15, 0.2) is 186 Å². The third-order valence-corrected chi connectivity index (χ3v) is 15.9. The molecule has 0 atom stereocenters. The maximum atomic E-state index is 13.4. The molecule has 0 amide bonds. The van der Waals surface area contributed by atoms with Crippen molar-refractivity contribution in [3.63, 3.8) is 0 Å². The Hall–Kier alpha value is -12.0. The van der Waals surface area contributed by atoms with E-state index in [1.165, 1.54) is 50.1 Å². The first-order valence-electron chi connectivity index (χ1n) is 31.7. The van der Waals surface area contributed by atoms with Crippen LogP contribution < -0.4 is 17.2 Å². The van der Waals surface area contributed by atoms with Crippen LogP contribution in [0, 0.1) is 295 Å². The zero-order valence-corrected chi connectivity index (χ0v) is 61.2. The standard InChI is InChI=1S/4C12F10.3C9H13N.BH3O3/c4*13-3-1(4(14)8(18)11(21)7(3)17)2-5(15)9(19)12(22)10(20)6(2)16;3*1-6-4-7(2)9(10)8(3)5-6;2-1(3)4/h;;;;3*4-5H,10H2,1-3H3;2-4H. The highest BCUT2D eigenvalue weighted by atomic mass is 19.2. The Labute approximate surface area is 656 Å². The maximum Gasteiger partial charge on any atom is 0.631 e. The summed E-state index contributed by atoms with van der Waals surface area (Å²) < 4.78 is 525. The summed E-state index contributed by atoms with van der Waals surface area (Å²) in [6.45, 7) is 18.5. The lowest BCUT2D eigenvalue weighted by Gasteiger charge is -2.11. The van der Waals surface area contributed by atoms with Gasteiger partial charge in [0.1, 0.15) is 0 Å². The highest BCUT2D eigenvalue weighted by Crippen LogP contribution is 2.43. The fourth-order valence-corrected chi connectivity index (χ4v) is 10.2. The monoisotopic (exact) mass is 1800 g/mol. The van der Waals surface area contributed by atoms with E-state index in [4.69, 9.17) is 32.3 Å². The molecule has 0 spiro atoms. The van der Waals surface area contributed by atoms with E-state index in [0.717, 1.165) is 17.1 Å². The number of halogens is 40. The second-order valence-electron chi connectivity index (χ2n) is 24.3. The molecule has 9 N–H and O–H groups in total. The van der Waals surface area contributed by atoms with Crippen LogP contribution in [0.4, 0.5) is 193 Å². The maximum absolute atomic E-state index is 13.4. The second kappa shape index (κ2) is 40.6. The average molecular weight is 1800 g/mol. The Bertz CT molecular complexity index is 4700. The summed E-state index contributed by atoms with van der Waals surface area (Å²) >= 11 is 0. The number of rotatable bonds is 4. The highest BCUT2D eigenvalue weighted by molar-refractivity contribution is 6.30. The van der Waals surface area contributed by atoms with Crippen LogP contribution in [0.5, 0.6) is 0 Å². The van der Waals surface area contributed by atoms with Crippen LogP contribution in [-0.4, -0.2) is 22.4 Å². The van der Waals surface area contributed by atoms with Gasteiger partial charge >= 0.3 is 7.32 Å². The fourth-order valence-electron chi connectivity index (χ4n) is 10.2. The first-order chi connectivity index (χ1) is 56.0. The van der Waals surface area contributed by atoms with Gasteiger partial charge in [-0.1, -0.05) is 53.1 Å². The number of benzene rings is 11. The van der Waals surface area contributed by atoms with Crippen LogP contribution in [0.3, 0.4) is 0 Å². The molecule has 658 valence electrons. The summed E-state index contributed by atoms with van der Waals surface area (Å²) in [5.41, 5.74) is 12.9. The summed E-state index contributed by atoms with van der Waals surface area (Å²) in [5, 5.41) is 21.5. The van der Waals surface area contributed by atoms with Crippen molar-refractivity contribution in [2.45, 2.75) is 62.3 Å². The SMILES string of the molecule is Cc1cc(C)c(N)c(C)c1.Cc1cc(C)c(N)c(C)c1.Cc1cc(C)c(N)c(C)c1.Fc1c(F)c(F)c(-c2c(F)c(F)c(F)c(F)c2F)c(F)c1F.Fc1c(F)c(F)c(-c2c(F)c(F)c(F)c(F)c2F)c(F)c1F.Fc1c(F)c(F)c(-c2c(F)c(F)c(F)c(F)c2F)c(F)c1F.Fc1c(F)c(F)c(-c2c(F)c(F)c(F)c(F)c2F)c(F)c1F.OB(O)O. The van der Waals surface area contributed by atoms with E-state index in [9.17, 15) is 176 Å². The minimum Gasteiger partial charge on any atom is -0.402 e. The Kier molecular flexibility index (Phi) is 34.0. The molecule has 0 heterocycles. The van der Waals surface area contributed by atoms with Crippen molar-refractivity contribution in [1.29, 1.82) is 0 Å². The lowest BCUT2D eigenvalue weighted by Crippen LogP contribution is -2.10. The number of hydrogen-bond acceptors (Lipinski definition) is 6. The van der Waals surface area contributed by atoms with E-state index in [-0.39, 0.29) is 0 Å². The van der Waals surface area contributed by atoms with Crippen LogP contribution in [0.2, 0.25) is 0 Å². The van der Waals surface area contributed by atoms with Crippen molar-refractivity contribution < 1.29 is 191 Å². The molecule has 11 rings (SSSR count). The normalized spacial score (nSPS) is 10.7. The Morgan fingerprint density at radius 2 is 0.205 bits per heavy atom. The van der Waals surface area contributed by atoms with Gasteiger partial charge in [0.2, 0.25) is 46.5 Å². The topological polar surface area (TPSA) is 139 Å². The molecule has 0 aliphatic rings. The minimum absolute atomic E-state index is 0.922. The molecular weight excluding hydrogens is 1760 g/mol. The van der Waals surface area contributed by atoms with Crippen molar-refractivity contribution in [3.05, 3.63) is 319 Å². The van der Waals surface area contributed by atoms with E-state index >= 15 is 0 Å². The molecule has 122 heavy (non-hydrogen) atoms. The number of aryl methyl sites for hydroxylation is 9. The van der Waals surface area contributed by atoms with Gasteiger partial charge in [-0.3, -0.25) is 0 Å². The lowest BCUT2D eigenvalue weighted by atomic mass is 10.0. The molecule has 11 aromatic rings. The zero-order chi connectivity index (χ0) is 94.5. The quantitative estimate of drug-likeness (QED) is 0.0341. The minimum atomic E-state index is -2.68. The van der Waals surface area contributed by atoms with Gasteiger partial charge in [0.25, 0.3) is 0 Å². The van der Waals surface area contributed by atoms with Crippen molar-refractivity contribution in [2.24, 2.45) is 0 Å². The van der Waals surface area contributed by atoms with Gasteiger partial charge in [-0.15, -0.1) is 0 Å². The van der Waals surface area contributed by atoms with Crippen molar-refractivity contribution in [2.75, 3.05) is 17.2 Å². The Morgan fingerprint density at radius 3 is 0.270 bits per heavy atom. The first kappa shape index (κ1) is 102. The van der Waals surface area contributed by atoms with Gasteiger partial charge in [-0.2, -0.15) is 0 Å². The van der Waals surface area contributed by atoms with Crippen LogP contribution in [0.15, 0.2) is 36.4 Å². The molecule has 0 saturated heterocycles. The summed E-state index contributed by atoms with van der Waals surface area (Å²) in [6, 6.07) is 12.6. The fraction of sp³-hybridized carbons (Fsp3) is 0.120. The van der Waals surface area contributed by atoms with Crippen molar-refractivity contribution in [3.8, 4) is 44.5 Å². The summed E-state index contributed by atoms with van der Waals surface area (Å²) in [7, 11) is -2.17. The molecule has 11 aromatic carbocycles. The molecule has 0 bridgehead atoms. The molecule has 0 unspecified atom stereocenters. The number of anilines is 3.